The van der Waals surface area contributed by atoms with Crippen LogP contribution in [0.1, 0.15) is 24.7 Å². The molecule has 3 aromatic rings. The highest BCUT2D eigenvalue weighted by atomic mass is 16.5. The molecular weight excluding hydrogens is 384 g/mol. The third-order valence-corrected chi connectivity index (χ3v) is 4.88. The molecule has 1 aromatic carbocycles. The number of hydrogen-bond donors (Lipinski definition) is 1. The maximum absolute atomic E-state index is 12.5. The lowest BCUT2D eigenvalue weighted by Crippen LogP contribution is -2.40. The van der Waals surface area contributed by atoms with Crippen LogP contribution >= 0.6 is 0 Å². The molecule has 0 unspecified atom stereocenters. The van der Waals surface area contributed by atoms with E-state index in [0.717, 1.165) is 12.8 Å². The average molecular weight is 404 g/mol. The van der Waals surface area contributed by atoms with Gasteiger partial charge in [-0.05, 0) is 49.2 Å². The molecule has 9 heteroatoms. The molecule has 0 atom stereocenters. The number of hydrogen-bond acceptors (Lipinski definition) is 7. The summed E-state index contributed by atoms with van der Waals surface area (Å²) in [5.74, 6) is 1.77. The molecule has 1 saturated heterocycles. The number of carbonyl (C=O) groups excluding carboxylic acids is 1. The van der Waals surface area contributed by atoms with Gasteiger partial charge < -0.3 is 19.5 Å². The van der Waals surface area contributed by atoms with Crippen LogP contribution < -0.4 is 10.1 Å². The van der Waals surface area contributed by atoms with Crippen molar-refractivity contribution < 1.29 is 14.1 Å². The number of benzene rings is 1. The summed E-state index contributed by atoms with van der Waals surface area (Å²) in [7, 11) is 0. The number of rotatable bonds is 5. The summed E-state index contributed by atoms with van der Waals surface area (Å²) in [5, 5.41) is 15.4. The molecule has 30 heavy (non-hydrogen) atoms. The zero-order valence-electron chi connectivity index (χ0n) is 16.2. The fraction of sp³-hybridized carbons (Fsp3) is 0.286. The van der Waals surface area contributed by atoms with Crippen LogP contribution in [0.15, 0.2) is 53.2 Å². The highest BCUT2D eigenvalue weighted by Gasteiger charge is 2.27. The van der Waals surface area contributed by atoms with Crippen LogP contribution in [0.3, 0.4) is 0 Å². The summed E-state index contributed by atoms with van der Waals surface area (Å²) in [6, 6.07) is 14.2. The average Bonchev–Trinajstić information content (AvgIpc) is 3.30. The highest BCUT2D eigenvalue weighted by molar-refractivity contribution is 5.89. The lowest BCUT2D eigenvalue weighted by atomic mass is 9.97. The van der Waals surface area contributed by atoms with Gasteiger partial charge in [-0.1, -0.05) is 11.2 Å². The van der Waals surface area contributed by atoms with E-state index in [1.807, 2.05) is 24.3 Å². The molecule has 1 aliphatic heterocycles. The van der Waals surface area contributed by atoms with E-state index in [2.05, 4.69) is 20.4 Å². The molecule has 0 spiro atoms. The fourth-order valence-corrected chi connectivity index (χ4v) is 3.28. The Morgan fingerprint density at radius 3 is 2.73 bits per heavy atom. The minimum Gasteiger partial charge on any atom is -0.479 e. The van der Waals surface area contributed by atoms with E-state index in [4.69, 9.17) is 14.5 Å². The van der Waals surface area contributed by atoms with Gasteiger partial charge in [0.15, 0.2) is 6.61 Å². The molecule has 0 radical (unpaired) electrons. The number of nitriles is 1. The maximum Gasteiger partial charge on any atom is 0.321 e. The smallest absolute Gasteiger partial charge is 0.321 e. The van der Waals surface area contributed by atoms with Crippen molar-refractivity contribution in [2.75, 3.05) is 25.0 Å². The number of likely N-dealkylation sites (tertiary alicyclic amines) is 1. The highest BCUT2D eigenvalue weighted by Crippen LogP contribution is 2.28. The first-order valence-corrected chi connectivity index (χ1v) is 9.63. The molecular formula is C21H20N6O3. The lowest BCUT2D eigenvalue weighted by molar-refractivity contribution is 0.187. The second kappa shape index (κ2) is 9.05. The van der Waals surface area contributed by atoms with Crippen LogP contribution in [0, 0.1) is 11.3 Å². The van der Waals surface area contributed by atoms with Crippen LogP contribution in [0.5, 0.6) is 5.75 Å². The SMILES string of the molecule is N#CCOc1ccc(NC(=O)N2CCC(c3nc(-c4ccccn4)no3)CC2)cc1. The predicted molar refractivity (Wildman–Crippen MR) is 108 cm³/mol. The Bertz CT molecular complexity index is 1020. The summed E-state index contributed by atoms with van der Waals surface area (Å²) in [6.07, 6.45) is 3.19. The number of nitrogens with zero attached hydrogens (tertiary/aromatic N) is 5. The van der Waals surface area contributed by atoms with Gasteiger partial charge in [0.1, 0.15) is 17.5 Å². The second-order valence-electron chi connectivity index (χ2n) is 6.83. The van der Waals surface area contributed by atoms with Gasteiger partial charge in [-0.15, -0.1) is 0 Å². The van der Waals surface area contributed by atoms with Crippen LogP contribution in [0.2, 0.25) is 0 Å². The van der Waals surface area contributed by atoms with E-state index < -0.39 is 0 Å². The monoisotopic (exact) mass is 404 g/mol. The number of piperidine rings is 1. The van der Waals surface area contributed by atoms with E-state index in [9.17, 15) is 4.79 Å². The Morgan fingerprint density at radius 2 is 2.03 bits per heavy atom. The first kappa shape index (κ1) is 19.4. The zero-order valence-corrected chi connectivity index (χ0v) is 16.2. The normalized spacial score (nSPS) is 14.2. The Balaban J connectivity index is 1.29. The molecule has 0 saturated carbocycles. The molecule has 4 rings (SSSR count). The van der Waals surface area contributed by atoms with Crippen molar-refractivity contribution in [2.45, 2.75) is 18.8 Å². The number of ether oxygens (including phenoxy) is 1. The standard InChI is InChI=1S/C21H20N6O3/c22-10-14-29-17-6-4-16(5-7-17)24-21(28)27-12-8-15(9-13-27)20-25-19(26-30-20)18-3-1-2-11-23-18/h1-7,11,15H,8-9,12-14H2,(H,24,28). The summed E-state index contributed by atoms with van der Waals surface area (Å²) >= 11 is 0. The molecule has 2 amide bonds. The van der Waals surface area contributed by atoms with Gasteiger partial charge in [-0.2, -0.15) is 10.2 Å². The van der Waals surface area contributed by atoms with Gasteiger partial charge in [0.05, 0.1) is 0 Å². The van der Waals surface area contributed by atoms with Gasteiger partial charge in [0.2, 0.25) is 11.7 Å². The van der Waals surface area contributed by atoms with E-state index in [1.54, 1.807) is 35.4 Å². The van der Waals surface area contributed by atoms with Crippen molar-refractivity contribution in [3.05, 3.63) is 54.6 Å². The van der Waals surface area contributed by atoms with Gasteiger partial charge in [-0.25, -0.2) is 4.79 Å². The quantitative estimate of drug-likeness (QED) is 0.692. The van der Waals surface area contributed by atoms with Crippen LogP contribution in [-0.2, 0) is 0 Å². The molecule has 1 aliphatic rings. The van der Waals surface area contributed by atoms with Gasteiger partial charge in [0, 0.05) is 30.9 Å². The fourth-order valence-electron chi connectivity index (χ4n) is 3.28. The van der Waals surface area contributed by atoms with Gasteiger partial charge in [0.25, 0.3) is 0 Å². The summed E-state index contributed by atoms with van der Waals surface area (Å²) in [4.78, 5) is 23.0. The largest absolute Gasteiger partial charge is 0.479 e. The number of anilines is 1. The number of nitrogens with one attached hydrogen (secondary N) is 1. The van der Waals surface area contributed by atoms with Crippen molar-refractivity contribution in [1.82, 2.24) is 20.0 Å². The zero-order chi connectivity index (χ0) is 20.8. The third kappa shape index (κ3) is 4.55. The molecule has 1 fully saturated rings. The Hall–Kier alpha value is -3.93. The number of aromatic nitrogens is 3. The Morgan fingerprint density at radius 1 is 1.23 bits per heavy atom. The second-order valence-corrected chi connectivity index (χ2v) is 6.83. The maximum atomic E-state index is 12.5. The topological polar surface area (TPSA) is 117 Å². The minimum absolute atomic E-state index is 0.00987. The number of amides is 2. The van der Waals surface area contributed by atoms with Crippen LogP contribution in [0.4, 0.5) is 10.5 Å². The minimum atomic E-state index is -0.154. The molecule has 0 aliphatic carbocycles. The first-order chi connectivity index (χ1) is 14.7. The predicted octanol–water partition coefficient (Wildman–Crippen LogP) is 3.45. The molecule has 1 N–H and O–H groups in total. The van der Waals surface area contributed by atoms with E-state index >= 15 is 0 Å². The van der Waals surface area contributed by atoms with Gasteiger partial charge >= 0.3 is 6.03 Å². The lowest BCUT2D eigenvalue weighted by Gasteiger charge is -2.30. The Kier molecular flexibility index (Phi) is 5.85. The van der Waals surface area contributed by atoms with Crippen molar-refractivity contribution >= 4 is 11.7 Å². The van der Waals surface area contributed by atoms with Crippen LogP contribution in [-0.4, -0.2) is 45.8 Å². The summed E-state index contributed by atoms with van der Waals surface area (Å²) in [5.41, 5.74) is 1.34. The molecule has 9 nitrogen and oxygen atoms in total. The van der Waals surface area contributed by atoms with Crippen molar-refractivity contribution in [3.8, 4) is 23.3 Å². The molecule has 0 bridgehead atoms. The molecule has 152 valence electrons. The number of urea groups is 1. The van der Waals surface area contributed by atoms with Crippen molar-refractivity contribution in [1.29, 1.82) is 5.26 Å². The molecule has 3 heterocycles. The molecule has 2 aromatic heterocycles. The third-order valence-electron chi connectivity index (χ3n) is 4.88. The Labute approximate surface area is 173 Å². The summed E-state index contributed by atoms with van der Waals surface area (Å²) < 4.78 is 10.6. The van der Waals surface area contributed by atoms with Crippen molar-refractivity contribution in [3.63, 3.8) is 0 Å². The van der Waals surface area contributed by atoms with Crippen LogP contribution in [0.25, 0.3) is 11.5 Å². The van der Waals surface area contributed by atoms with E-state index in [-0.39, 0.29) is 18.6 Å². The first-order valence-electron chi connectivity index (χ1n) is 9.63. The number of carbonyl (C=O) groups is 1. The van der Waals surface area contributed by atoms with Gasteiger partial charge in [-0.3, -0.25) is 4.98 Å². The van der Waals surface area contributed by atoms with E-state index in [0.29, 0.717) is 41.9 Å². The van der Waals surface area contributed by atoms with Crippen molar-refractivity contribution in [2.24, 2.45) is 0 Å². The van der Waals surface area contributed by atoms with E-state index in [1.165, 1.54) is 0 Å². The summed E-state index contributed by atoms with van der Waals surface area (Å²) in [6.45, 7) is 1.19. The number of pyridine rings is 1.